The highest BCUT2D eigenvalue weighted by Crippen LogP contribution is 2.26. The first-order valence-corrected chi connectivity index (χ1v) is 7.89. The first kappa shape index (κ1) is 19.5. The fourth-order valence-corrected chi connectivity index (χ4v) is 2.96. The molecule has 2 rings (SSSR count). The predicted octanol–water partition coefficient (Wildman–Crippen LogP) is 3.22. The van der Waals surface area contributed by atoms with E-state index in [1.54, 1.807) is 6.07 Å². The molecule has 6 heteroatoms. The third-order valence-corrected chi connectivity index (χ3v) is 4.25. The molecular formula is C17H26ClN3O2. The second-order valence-corrected chi connectivity index (χ2v) is 6.17. The summed E-state index contributed by atoms with van der Waals surface area (Å²) >= 11 is 0. The summed E-state index contributed by atoms with van der Waals surface area (Å²) in [6.07, 6.45) is 4.82. The number of hydrogen-bond acceptors (Lipinski definition) is 3. The van der Waals surface area contributed by atoms with Crippen LogP contribution >= 0.6 is 12.4 Å². The zero-order valence-corrected chi connectivity index (χ0v) is 14.5. The number of carbonyl (C=O) groups excluding carboxylic acids is 2. The largest absolute Gasteiger partial charge is 0.327 e. The fraction of sp³-hybridized carbons (Fsp3) is 0.529. The van der Waals surface area contributed by atoms with Crippen molar-refractivity contribution in [2.24, 2.45) is 11.7 Å². The quantitative estimate of drug-likeness (QED) is 0.787. The molecule has 1 aromatic carbocycles. The average Bonchev–Trinajstić information content (AvgIpc) is 2.44. The molecule has 2 atom stereocenters. The minimum Gasteiger partial charge on any atom is -0.327 e. The summed E-state index contributed by atoms with van der Waals surface area (Å²) in [6, 6.07) is 5.65. The van der Waals surface area contributed by atoms with Crippen LogP contribution < -0.4 is 16.4 Å². The van der Waals surface area contributed by atoms with Gasteiger partial charge in [-0.15, -0.1) is 12.4 Å². The zero-order chi connectivity index (χ0) is 16.1. The van der Waals surface area contributed by atoms with Gasteiger partial charge in [-0.1, -0.05) is 18.9 Å². The summed E-state index contributed by atoms with van der Waals surface area (Å²) < 4.78 is 0. The molecule has 1 aliphatic rings. The number of amides is 2. The van der Waals surface area contributed by atoms with E-state index in [1.165, 1.54) is 6.92 Å². The third-order valence-electron chi connectivity index (χ3n) is 4.25. The van der Waals surface area contributed by atoms with Gasteiger partial charge in [0.05, 0.1) is 0 Å². The van der Waals surface area contributed by atoms with E-state index in [9.17, 15) is 9.59 Å². The van der Waals surface area contributed by atoms with Crippen LogP contribution in [-0.2, 0) is 9.59 Å². The van der Waals surface area contributed by atoms with Crippen molar-refractivity contribution in [2.45, 2.75) is 52.0 Å². The van der Waals surface area contributed by atoms with Gasteiger partial charge >= 0.3 is 0 Å². The Kier molecular flexibility index (Phi) is 7.52. The number of rotatable bonds is 4. The molecule has 0 radical (unpaired) electrons. The van der Waals surface area contributed by atoms with Gasteiger partial charge in [0.2, 0.25) is 11.8 Å². The molecular weight excluding hydrogens is 314 g/mol. The highest BCUT2D eigenvalue weighted by molar-refractivity contribution is 5.94. The van der Waals surface area contributed by atoms with Crippen LogP contribution in [0.2, 0.25) is 0 Å². The smallest absolute Gasteiger partial charge is 0.224 e. The van der Waals surface area contributed by atoms with E-state index >= 15 is 0 Å². The molecule has 1 aromatic rings. The number of aryl methyl sites for hydroxylation is 1. The molecule has 5 nitrogen and oxygen atoms in total. The number of nitrogens with two attached hydrogens (primary N) is 1. The minimum absolute atomic E-state index is 0. The molecule has 1 fully saturated rings. The Morgan fingerprint density at radius 2 is 1.91 bits per heavy atom. The molecule has 1 aliphatic carbocycles. The summed E-state index contributed by atoms with van der Waals surface area (Å²) in [6.45, 7) is 3.38. The van der Waals surface area contributed by atoms with Crippen LogP contribution in [0, 0.1) is 12.8 Å². The standard InChI is InChI=1S/C17H25N3O2.ClH/c1-11-7-8-14(10-16(11)19-12(2)21)20-17(22)9-13-5-3-4-6-15(13)18;/h7-8,10,13,15H,3-6,9,18H2,1-2H3,(H,19,21)(H,20,22);1H. The van der Waals surface area contributed by atoms with Gasteiger partial charge in [-0.3, -0.25) is 9.59 Å². The van der Waals surface area contributed by atoms with Gasteiger partial charge in [-0.25, -0.2) is 0 Å². The number of hydrogen-bond donors (Lipinski definition) is 3. The van der Waals surface area contributed by atoms with E-state index < -0.39 is 0 Å². The third kappa shape index (κ3) is 5.84. The predicted molar refractivity (Wildman–Crippen MR) is 95.9 cm³/mol. The molecule has 0 bridgehead atoms. The molecule has 2 amide bonds. The van der Waals surface area contributed by atoms with Crippen molar-refractivity contribution in [2.75, 3.05) is 10.6 Å². The summed E-state index contributed by atoms with van der Waals surface area (Å²) in [4.78, 5) is 23.4. The Bertz CT molecular complexity index is 563. The Morgan fingerprint density at radius 3 is 2.57 bits per heavy atom. The summed E-state index contributed by atoms with van der Waals surface area (Å²) in [5.41, 5.74) is 8.47. The lowest BCUT2D eigenvalue weighted by Crippen LogP contribution is -2.35. The Morgan fingerprint density at radius 1 is 1.22 bits per heavy atom. The molecule has 0 heterocycles. The van der Waals surface area contributed by atoms with Crippen LogP contribution in [0.4, 0.5) is 11.4 Å². The molecule has 4 N–H and O–H groups in total. The lowest BCUT2D eigenvalue weighted by atomic mass is 9.83. The molecule has 23 heavy (non-hydrogen) atoms. The second kappa shape index (κ2) is 8.89. The van der Waals surface area contributed by atoms with Crippen molar-refractivity contribution >= 4 is 35.6 Å². The number of carbonyl (C=O) groups is 2. The first-order valence-electron chi connectivity index (χ1n) is 7.89. The minimum atomic E-state index is -0.125. The maximum Gasteiger partial charge on any atom is 0.224 e. The van der Waals surface area contributed by atoms with E-state index in [2.05, 4.69) is 10.6 Å². The van der Waals surface area contributed by atoms with Gasteiger partial charge in [0.1, 0.15) is 0 Å². The lowest BCUT2D eigenvalue weighted by molar-refractivity contribution is -0.117. The SMILES string of the molecule is CC(=O)Nc1cc(NC(=O)CC2CCCCC2N)ccc1C.Cl. The summed E-state index contributed by atoms with van der Waals surface area (Å²) in [5.74, 6) is 0.133. The molecule has 0 saturated heterocycles. The Labute approximate surface area is 143 Å². The van der Waals surface area contributed by atoms with Crippen LogP contribution in [0.5, 0.6) is 0 Å². The van der Waals surface area contributed by atoms with Crippen molar-refractivity contribution in [3.63, 3.8) is 0 Å². The number of nitrogens with one attached hydrogen (secondary N) is 2. The van der Waals surface area contributed by atoms with Gasteiger partial charge < -0.3 is 16.4 Å². The van der Waals surface area contributed by atoms with Crippen LogP contribution in [-0.4, -0.2) is 17.9 Å². The van der Waals surface area contributed by atoms with Crippen LogP contribution in [0.1, 0.15) is 44.6 Å². The normalized spacial score (nSPS) is 20.3. The first-order chi connectivity index (χ1) is 10.5. The van der Waals surface area contributed by atoms with Crippen LogP contribution in [0.25, 0.3) is 0 Å². The van der Waals surface area contributed by atoms with Crippen molar-refractivity contribution < 1.29 is 9.59 Å². The van der Waals surface area contributed by atoms with Gasteiger partial charge in [-0.2, -0.15) is 0 Å². The number of anilines is 2. The van der Waals surface area contributed by atoms with Gasteiger partial charge in [0.15, 0.2) is 0 Å². The topological polar surface area (TPSA) is 84.2 Å². The average molecular weight is 340 g/mol. The Balaban J connectivity index is 0.00000264. The van der Waals surface area contributed by atoms with E-state index in [-0.39, 0.29) is 36.2 Å². The highest BCUT2D eigenvalue weighted by atomic mass is 35.5. The van der Waals surface area contributed by atoms with Crippen molar-refractivity contribution in [3.8, 4) is 0 Å². The summed E-state index contributed by atoms with van der Waals surface area (Å²) in [5, 5.41) is 5.67. The monoisotopic (exact) mass is 339 g/mol. The molecule has 0 aliphatic heterocycles. The molecule has 1 saturated carbocycles. The maximum atomic E-state index is 12.2. The molecule has 0 aromatic heterocycles. The zero-order valence-electron chi connectivity index (χ0n) is 13.7. The fourth-order valence-electron chi connectivity index (χ4n) is 2.96. The highest BCUT2D eigenvalue weighted by Gasteiger charge is 2.24. The van der Waals surface area contributed by atoms with E-state index in [0.29, 0.717) is 12.1 Å². The lowest BCUT2D eigenvalue weighted by Gasteiger charge is -2.28. The number of halogens is 1. The van der Waals surface area contributed by atoms with Gasteiger partial charge in [0.25, 0.3) is 0 Å². The molecule has 128 valence electrons. The van der Waals surface area contributed by atoms with E-state index in [0.717, 1.165) is 36.9 Å². The van der Waals surface area contributed by atoms with Crippen molar-refractivity contribution in [1.82, 2.24) is 0 Å². The molecule has 2 unspecified atom stereocenters. The maximum absolute atomic E-state index is 12.2. The van der Waals surface area contributed by atoms with Gasteiger partial charge in [0, 0.05) is 30.8 Å². The summed E-state index contributed by atoms with van der Waals surface area (Å²) in [7, 11) is 0. The van der Waals surface area contributed by atoms with Gasteiger partial charge in [-0.05, 0) is 43.4 Å². The van der Waals surface area contributed by atoms with Crippen molar-refractivity contribution in [3.05, 3.63) is 23.8 Å². The van der Waals surface area contributed by atoms with E-state index in [1.807, 2.05) is 19.1 Å². The second-order valence-electron chi connectivity index (χ2n) is 6.17. The van der Waals surface area contributed by atoms with Crippen molar-refractivity contribution in [1.29, 1.82) is 0 Å². The number of benzene rings is 1. The van der Waals surface area contributed by atoms with Crippen LogP contribution in [0.3, 0.4) is 0 Å². The van der Waals surface area contributed by atoms with Crippen LogP contribution in [0.15, 0.2) is 18.2 Å². The Hall–Kier alpha value is -1.59. The molecule has 0 spiro atoms. The van der Waals surface area contributed by atoms with E-state index in [4.69, 9.17) is 5.73 Å².